The second-order valence-electron chi connectivity index (χ2n) is 5.65. The van der Waals surface area contributed by atoms with Crippen LogP contribution in [0.15, 0.2) is 30.3 Å². The molecule has 102 valence electrons. The van der Waals surface area contributed by atoms with E-state index in [1.807, 2.05) is 6.07 Å². The van der Waals surface area contributed by atoms with E-state index in [9.17, 15) is 4.79 Å². The van der Waals surface area contributed by atoms with Crippen LogP contribution < -0.4 is 0 Å². The van der Waals surface area contributed by atoms with Crippen LogP contribution in [0, 0.1) is 0 Å². The van der Waals surface area contributed by atoms with Gasteiger partial charge in [0.2, 0.25) is 5.91 Å². The van der Waals surface area contributed by atoms with Gasteiger partial charge in [-0.3, -0.25) is 9.69 Å². The summed E-state index contributed by atoms with van der Waals surface area (Å²) < 4.78 is 0. The Bertz CT molecular complexity index is 426. The summed E-state index contributed by atoms with van der Waals surface area (Å²) in [7, 11) is 0. The fourth-order valence-electron chi connectivity index (χ4n) is 3.26. The van der Waals surface area contributed by atoms with Gasteiger partial charge >= 0.3 is 0 Å². The summed E-state index contributed by atoms with van der Waals surface area (Å²) >= 11 is 0. The Morgan fingerprint density at radius 3 is 2.53 bits per heavy atom. The first-order valence-electron chi connectivity index (χ1n) is 7.41. The van der Waals surface area contributed by atoms with Crippen molar-refractivity contribution in [1.29, 1.82) is 0 Å². The fourth-order valence-corrected chi connectivity index (χ4v) is 3.26. The van der Waals surface area contributed by atoms with Gasteiger partial charge in [-0.05, 0) is 37.8 Å². The summed E-state index contributed by atoms with van der Waals surface area (Å²) in [4.78, 5) is 17.0. The number of nitrogens with zero attached hydrogens (tertiary/aromatic N) is 2. The molecule has 2 heterocycles. The summed E-state index contributed by atoms with van der Waals surface area (Å²) in [5, 5.41) is 0. The summed E-state index contributed by atoms with van der Waals surface area (Å²) in [6, 6.07) is 10.6. The van der Waals surface area contributed by atoms with Gasteiger partial charge in [0.15, 0.2) is 0 Å². The highest BCUT2D eigenvalue weighted by Crippen LogP contribution is 2.23. The first kappa shape index (κ1) is 12.7. The van der Waals surface area contributed by atoms with Crippen LogP contribution in [0.2, 0.25) is 0 Å². The molecule has 2 aliphatic rings. The summed E-state index contributed by atoms with van der Waals surface area (Å²) in [5.74, 6) is 0.367. The molecule has 3 rings (SSSR count). The standard InChI is InChI=1S/C16H22N2O/c19-16(17-10-4-5-11-17)15-9-6-12-18(15)13-14-7-2-1-3-8-14/h1-3,7-8,15H,4-6,9-13H2/t15-/m0/s1. The van der Waals surface area contributed by atoms with E-state index in [4.69, 9.17) is 0 Å². The molecule has 1 aromatic carbocycles. The lowest BCUT2D eigenvalue weighted by molar-refractivity contribution is -0.135. The van der Waals surface area contributed by atoms with Gasteiger partial charge in [-0.1, -0.05) is 30.3 Å². The number of carbonyl (C=O) groups is 1. The van der Waals surface area contributed by atoms with Gasteiger partial charge in [-0.15, -0.1) is 0 Å². The van der Waals surface area contributed by atoms with Gasteiger partial charge in [0.05, 0.1) is 6.04 Å². The molecule has 0 aliphatic carbocycles. The minimum absolute atomic E-state index is 0.123. The largest absolute Gasteiger partial charge is 0.341 e. The molecule has 1 atom stereocenters. The highest BCUT2D eigenvalue weighted by molar-refractivity contribution is 5.82. The molecule has 0 N–H and O–H groups in total. The molecule has 2 aliphatic heterocycles. The Balaban J connectivity index is 1.66. The van der Waals surface area contributed by atoms with Crippen molar-refractivity contribution in [3.05, 3.63) is 35.9 Å². The Morgan fingerprint density at radius 1 is 1.05 bits per heavy atom. The van der Waals surface area contributed by atoms with E-state index in [-0.39, 0.29) is 6.04 Å². The number of benzene rings is 1. The zero-order valence-electron chi connectivity index (χ0n) is 11.4. The summed E-state index contributed by atoms with van der Waals surface area (Å²) in [6.07, 6.45) is 4.54. The van der Waals surface area contributed by atoms with Gasteiger partial charge in [-0.25, -0.2) is 0 Å². The molecule has 2 saturated heterocycles. The molecule has 3 heteroatoms. The molecule has 0 saturated carbocycles. The first-order valence-corrected chi connectivity index (χ1v) is 7.41. The molecule has 2 fully saturated rings. The van der Waals surface area contributed by atoms with Crippen LogP contribution in [-0.4, -0.2) is 41.4 Å². The van der Waals surface area contributed by atoms with Crippen LogP contribution in [-0.2, 0) is 11.3 Å². The van der Waals surface area contributed by atoms with Crippen LogP contribution in [0.3, 0.4) is 0 Å². The number of rotatable bonds is 3. The maximum absolute atomic E-state index is 12.5. The summed E-state index contributed by atoms with van der Waals surface area (Å²) in [5.41, 5.74) is 1.31. The molecule has 1 amide bonds. The molecule has 0 bridgehead atoms. The molecule has 0 aromatic heterocycles. The minimum atomic E-state index is 0.123. The van der Waals surface area contributed by atoms with Crippen molar-refractivity contribution in [2.24, 2.45) is 0 Å². The predicted molar refractivity (Wildman–Crippen MR) is 75.7 cm³/mol. The molecular formula is C16H22N2O. The third-order valence-electron chi connectivity index (χ3n) is 4.29. The van der Waals surface area contributed by atoms with Crippen molar-refractivity contribution in [2.75, 3.05) is 19.6 Å². The highest BCUT2D eigenvalue weighted by Gasteiger charge is 2.34. The fraction of sp³-hybridized carbons (Fsp3) is 0.562. The van der Waals surface area contributed by atoms with Crippen LogP contribution in [0.25, 0.3) is 0 Å². The topological polar surface area (TPSA) is 23.6 Å². The monoisotopic (exact) mass is 258 g/mol. The van der Waals surface area contributed by atoms with Crippen LogP contribution in [0.5, 0.6) is 0 Å². The van der Waals surface area contributed by atoms with E-state index < -0.39 is 0 Å². The maximum atomic E-state index is 12.5. The van der Waals surface area contributed by atoms with Gasteiger partial charge in [0, 0.05) is 19.6 Å². The van der Waals surface area contributed by atoms with Gasteiger partial charge in [0.25, 0.3) is 0 Å². The zero-order chi connectivity index (χ0) is 13.1. The number of hydrogen-bond donors (Lipinski definition) is 0. The van der Waals surface area contributed by atoms with Crippen molar-refractivity contribution < 1.29 is 4.79 Å². The molecular weight excluding hydrogens is 236 g/mol. The Labute approximate surface area is 115 Å². The Hall–Kier alpha value is -1.35. The number of carbonyl (C=O) groups excluding carboxylic acids is 1. The SMILES string of the molecule is O=C([C@@H]1CCCN1Cc1ccccc1)N1CCCC1. The van der Waals surface area contributed by atoms with Crippen molar-refractivity contribution >= 4 is 5.91 Å². The Kier molecular flexibility index (Phi) is 3.83. The van der Waals surface area contributed by atoms with Gasteiger partial charge in [-0.2, -0.15) is 0 Å². The van der Waals surface area contributed by atoms with E-state index in [1.54, 1.807) is 0 Å². The molecule has 0 unspecified atom stereocenters. The van der Waals surface area contributed by atoms with Crippen LogP contribution in [0.1, 0.15) is 31.2 Å². The van der Waals surface area contributed by atoms with Crippen molar-refractivity contribution in [3.8, 4) is 0 Å². The number of amides is 1. The molecule has 3 nitrogen and oxygen atoms in total. The highest BCUT2D eigenvalue weighted by atomic mass is 16.2. The second-order valence-corrected chi connectivity index (χ2v) is 5.65. The molecule has 19 heavy (non-hydrogen) atoms. The van der Waals surface area contributed by atoms with Gasteiger partial charge in [0.1, 0.15) is 0 Å². The van der Waals surface area contributed by atoms with Crippen molar-refractivity contribution in [2.45, 2.75) is 38.3 Å². The second kappa shape index (κ2) is 5.74. The average Bonchev–Trinajstić information content (AvgIpc) is 3.10. The minimum Gasteiger partial charge on any atom is -0.341 e. The third-order valence-corrected chi connectivity index (χ3v) is 4.29. The normalized spacial score (nSPS) is 24.0. The smallest absolute Gasteiger partial charge is 0.239 e. The number of hydrogen-bond acceptors (Lipinski definition) is 2. The van der Waals surface area contributed by atoms with E-state index in [0.29, 0.717) is 5.91 Å². The van der Waals surface area contributed by atoms with Crippen molar-refractivity contribution in [3.63, 3.8) is 0 Å². The summed E-state index contributed by atoms with van der Waals surface area (Å²) in [6.45, 7) is 3.90. The third kappa shape index (κ3) is 2.81. The average molecular weight is 258 g/mol. The van der Waals surface area contributed by atoms with E-state index in [1.165, 1.54) is 18.4 Å². The maximum Gasteiger partial charge on any atom is 0.239 e. The van der Waals surface area contributed by atoms with Crippen molar-refractivity contribution in [1.82, 2.24) is 9.80 Å². The lowest BCUT2D eigenvalue weighted by Gasteiger charge is -2.27. The van der Waals surface area contributed by atoms with E-state index in [0.717, 1.165) is 39.0 Å². The first-order chi connectivity index (χ1) is 9.34. The lowest BCUT2D eigenvalue weighted by atomic mass is 10.1. The Morgan fingerprint density at radius 2 is 1.79 bits per heavy atom. The lowest BCUT2D eigenvalue weighted by Crippen LogP contribution is -2.44. The molecule has 0 radical (unpaired) electrons. The van der Waals surface area contributed by atoms with E-state index >= 15 is 0 Å². The van der Waals surface area contributed by atoms with Crippen LogP contribution in [0.4, 0.5) is 0 Å². The molecule has 0 spiro atoms. The van der Waals surface area contributed by atoms with Gasteiger partial charge < -0.3 is 4.90 Å². The molecule has 1 aromatic rings. The van der Waals surface area contributed by atoms with E-state index in [2.05, 4.69) is 34.1 Å². The number of likely N-dealkylation sites (tertiary alicyclic amines) is 2. The predicted octanol–water partition coefficient (Wildman–Crippen LogP) is 2.27. The quantitative estimate of drug-likeness (QED) is 0.830. The van der Waals surface area contributed by atoms with Crippen LogP contribution >= 0.6 is 0 Å². The zero-order valence-corrected chi connectivity index (χ0v) is 11.4.